The molecule has 1 atom stereocenters. The van der Waals surface area contributed by atoms with E-state index >= 15 is 0 Å². The Hall–Kier alpha value is -1.84. The molecule has 0 bridgehead atoms. The van der Waals surface area contributed by atoms with Gasteiger partial charge in [-0.3, -0.25) is 0 Å². The minimum atomic E-state index is -0.765. The summed E-state index contributed by atoms with van der Waals surface area (Å²) in [4.78, 5) is 0. The summed E-state index contributed by atoms with van der Waals surface area (Å²) >= 11 is 0. The van der Waals surface area contributed by atoms with Crippen molar-refractivity contribution in [1.29, 1.82) is 0 Å². The first-order valence-electron chi connectivity index (χ1n) is 7.20. The van der Waals surface area contributed by atoms with Crippen molar-refractivity contribution in [3.63, 3.8) is 0 Å². The number of benzene rings is 2. The Morgan fingerprint density at radius 1 is 1.10 bits per heavy atom. The molecule has 0 amide bonds. The lowest BCUT2D eigenvalue weighted by Crippen LogP contribution is -2.41. The Labute approximate surface area is 126 Å². The lowest BCUT2D eigenvalue weighted by atomic mass is 9.89. The van der Waals surface area contributed by atoms with Gasteiger partial charge in [0.05, 0.1) is 18.8 Å². The van der Waals surface area contributed by atoms with E-state index in [1.54, 1.807) is 0 Å². The van der Waals surface area contributed by atoms with Gasteiger partial charge in [0, 0.05) is 6.42 Å². The zero-order valence-electron chi connectivity index (χ0n) is 12.7. The number of aryl methyl sites for hydroxylation is 2. The Balaban J connectivity index is 2.02. The number of aliphatic hydroxyl groups is 1. The summed E-state index contributed by atoms with van der Waals surface area (Å²) in [5.41, 5.74) is 8.75. The van der Waals surface area contributed by atoms with Crippen molar-refractivity contribution in [3.8, 4) is 5.75 Å². The van der Waals surface area contributed by atoms with Gasteiger partial charge >= 0.3 is 0 Å². The van der Waals surface area contributed by atoms with Gasteiger partial charge < -0.3 is 15.6 Å². The molecule has 2 aromatic rings. The maximum absolute atomic E-state index is 9.65. The third-order valence-corrected chi connectivity index (χ3v) is 3.78. The van der Waals surface area contributed by atoms with Crippen LogP contribution in [0, 0.1) is 13.8 Å². The van der Waals surface area contributed by atoms with Gasteiger partial charge in [0.2, 0.25) is 0 Å². The fourth-order valence-corrected chi connectivity index (χ4v) is 2.29. The maximum atomic E-state index is 9.65. The molecule has 0 heterocycles. The highest BCUT2D eigenvalue weighted by Crippen LogP contribution is 2.24. The predicted molar refractivity (Wildman–Crippen MR) is 85.4 cm³/mol. The molecule has 3 nitrogen and oxygen atoms in total. The van der Waals surface area contributed by atoms with E-state index in [1.807, 2.05) is 56.3 Å². The summed E-state index contributed by atoms with van der Waals surface area (Å²) in [7, 11) is 0. The van der Waals surface area contributed by atoms with E-state index < -0.39 is 5.54 Å². The summed E-state index contributed by atoms with van der Waals surface area (Å²) in [5.74, 6) is 0.878. The average Bonchev–Trinajstić information content (AvgIpc) is 2.51. The van der Waals surface area contributed by atoms with Gasteiger partial charge in [-0.05, 0) is 36.6 Å². The van der Waals surface area contributed by atoms with Gasteiger partial charge in [-0.15, -0.1) is 0 Å². The van der Waals surface area contributed by atoms with Gasteiger partial charge in [-0.1, -0.05) is 42.5 Å². The largest absolute Gasteiger partial charge is 0.493 e. The summed E-state index contributed by atoms with van der Waals surface area (Å²) in [6.45, 7) is 4.42. The molecule has 0 aliphatic rings. The smallest absolute Gasteiger partial charge is 0.122 e. The molecular formula is C18H23NO2. The van der Waals surface area contributed by atoms with Gasteiger partial charge in [0.25, 0.3) is 0 Å². The van der Waals surface area contributed by atoms with Crippen LogP contribution in [-0.2, 0) is 5.54 Å². The molecule has 0 spiro atoms. The Morgan fingerprint density at radius 2 is 1.81 bits per heavy atom. The van der Waals surface area contributed by atoms with E-state index in [4.69, 9.17) is 10.5 Å². The number of rotatable bonds is 6. The quantitative estimate of drug-likeness (QED) is 0.858. The van der Waals surface area contributed by atoms with Crippen molar-refractivity contribution >= 4 is 0 Å². The van der Waals surface area contributed by atoms with Crippen LogP contribution < -0.4 is 10.5 Å². The molecule has 3 N–H and O–H groups in total. The number of hydrogen-bond donors (Lipinski definition) is 2. The van der Waals surface area contributed by atoms with Gasteiger partial charge in [0.15, 0.2) is 0 Å². The lowest BCUT2D eigenvalue weighted by molar-refractivity contribution is 0.162. The van der Waals surface area contributed by atoms with Crippen LogP contribution in [0.25, 0.3) is 0 Å². The highest BCUT2D eigenvalue weighted by molar-refractivity contribution is 5.36. The van der Waals surface area contributed by atoms with Crippen LogP contribution in [0.4, 0.5) is 0 Å². The van der Waals surface area contributed by atoms with Crippen molar-refractivity contribution in [2.45, 2.75) is 25.8 Å². The van der Waals surface area contributed by atoms with Crippen LogP contribution in [-0.4, -0.2) is 18.3 Å². The Morgan fingerprint density at radius 3 is 2.48 bits per heavy atom. The summed E-state index contributed by atoms with van der Waals surface area (Å²) in [6, 6.07) is 15.8. The van der Waals surface area contributed by atoms with Crippen molar-refractivity contribution < 1.29 is 9.84 Å². The van der Waals surface area contributed by atoms with Gasteiger partial charge in [-0.2, -0.15) is 0 Å². The second kappa shape index (κ2) is 6.74. The lowest BCUT2D eigenvalue weighted by Gasteiger charge is -2.28. The van der Waals surface area contributed by atoms with Crippen LogP contribution in [0.5, 0.6) is 5.75 Å². The van der Waals surface area contributed by atoms with E-state index in [9.17, 15) is 5.11 Å². The molecule has 0 radical (unpaired) electrons. The third kappa shape index (κ3) is 3.84. The zero-order valence-corrected chi connectivity index (χ0v) is 12.7. The highest BCUT2D eigenvalue weighted by Gasteiger charge is 2.26. The molecule has 0 fully saturated rings. The van der Waals surface area contributed by atoms with E-state index in [0.29, 0.717) is 13.0 Å². The molecule has 0 aromatic heterocycles. The van der Waals surface area contributed by atoms with E-state index in [2.05, 4.69) is 6.07 Å². The van der Waals surface area contributed by atoms with Crippen LogP contribution in [0.3, 0.4) is 0 Å². The average molecular weight is 285 g/mol. The molecule has 0 saturated heterocycles. The molecular weight excluding hydrogens is 262 g/mol. The Kier molecular flexibility index (Phi) is 4.99. The van der Waals surface area contributed by atoms with Gasteiger partial charge in [0.1, 0.15) is 5.75 Å². The number of nitrogens with two attached hydrogens (primary N) is 1. The van der Waals surface area contributed by atoms with E-state index in [1.165, 1.54) is 5.56 Å². The molecule has 0 saturated carbocycles. The van der Waals surface area contributed by atoms with Crippen molar-refractivity contribution in [1.82, 2.24) is 0 Å². The normalized spacial score (nSPS) is 13.7. The number of hydrogen-bond acceptors (Lipinski definition) is 3. The first-order valence-corrected chi connectivity index (χ1v) is 7.20. The van der Waals surface area contributed by atoms with Crippen LogP contribution in [0.1, 0.15) is 23.1 Å². The first-order chi connectivity index (χ1) is 10.0. The molecule has 0 aliphatic carbocycles. The topological polar surface area (TPSA) is 55.5 Å². The van der Waals surface area contributed by atoms with Gasteiger partial charge in [-0.25, -0.2) is 0 Å². The SMILES string of the molecule is Cc1ccc(C)c(OCCC(N)(CO)c2ccccc2)c1. The number of ether oxygens (including phenoxy) is 1. The highest BCUT2D eigenvalue weighted by atomic mass is 16.5. The monoisotopic (exact) mass is 285 g/mol. The predicted octanol–water partition coefficient (Wildman–Crippen LogP) is 2.92. The summed E-state index contributed by atoms with van der Waals surface area (Å²) < 4.78 is 5.85. The van der Waals surface area contributed by atoms with Crippen LogP contribution >= 0.6 is 0 Å². The Bertz CT molecular complexity index is 583. The van der Waals surface area contributed by atoms with Crippen LogP contribution in [0.15, 0.2) is 48.5 Å². The third-order valence-electron chi connectivity index (χ3n) is 3.78. The summed E-state index contributed by atoms with van der Waals surface area (Å²) in [5, 5.41) is 9.65. The van der Waals surface area contributed by atoms with E-state index in [-0.39, 0.29) is 6.61 Å². The molecule has 2 rings (SSSR count). The molecule has 2 aromatic carbocycles. The second-order valence-electron chi connectivity index (χ2n) is 5.55. The summed E-state index contributed by atoms with van der Waals surface area (Å²) in [6.07, 6.45) is 0.556. The molecule has 21 heavy (non-hydrogen) atoms. The molecule has 1 unspecified atom stereocenters. The van der Waals surface area contributed by atoms with E-state index in [0.717, 1.165) is 16.9 Å². The van der Waals surface area contributed by atoms with Crippen LogP contribution in [0.2, 0.25) is 0 Å². The fraction of sp³-hybridized carbons (Fsp3) is 0.333. The maximum Gasteiger partial charge on any atom is 0.122 e. The van der Waals surface area contributed by atoms with Crippen molar-refractivity contribution in [3.05, 3.63) is 65.2 Å². The second-order valence-corrected chi connectivity index (χ2v) is 5.55. The zero-order chi connectivity index (χ0) is 15.3. The minimum absolute atomic E-state index is 0.104. The van der Waals surface area contributed by atoms with Crippen molar-refractivity contribution in [2.24, 2.45) is 5.73 Å². The first kappa shape index (κ1) is 15.5. The molecule has 0 aliphatic heterocycles. The van der Waals surface area contributed by atoms with Crippen molar-refractivity contribution in [2.75, 3.05) is 13.2 Å². The standard InChI is InChI=1S/C18H23NO2/c1-14-8-9-15(2)17(12-14)21-11-10-18(19,13-20)16-6-4-3-5-7-16/h3-9,12,20H,10-11,13,19H2,1-2H3. The fourth-order valence-electron chi connectivity index (χ4n) is 2.29. The minimum Gasteiger partial charge on any atom is -0.493 e. The molecule has 112 valence electrons. The number of aliphatic hydroxyl groups excluding tert-OH is 1. The molecule has 3 heteroatoms.